The van der Waals surface area contributed by atoms with Crippen LogP contribution in [-0.2, 0) is 7.05 Å². The van der Waals surface area contributed by atoms with E-state index >= 15 is 0 Å². The van der Waals surface area contributed by atoms with Gasteiger partial charge in [0.15, 0.2) is 0 Å². The molecule has 0 saturated heterocycles. The minimum absolute atomic E-state index is 0.188. The molecule has 0 unspecified atom stereocenters. The molecular weight excluding hydrogens is 252 g/mol. The largest absolute Gasteiger partial charge is 0.334 e. The number of rotatable bonds is 3. The maximum Gasteiger partial charge on any atom is 0.255 e. The van der Waals surface area contributed by atoms with Crippen LogP contribution in [0, 0.1) is 24.2 Å². The van der Waals surface area contributed by atoms with Crippen LogP contribution in [0.4, 0.5) is 0 Å². The fourth-order valence-electron chi connectivity index (χ4n) is 2.85. The molecule has 0 aliphatic heterocycles. The number of nitriles is 1. The Labute approximate surface area is 120 Å². The summed E-state index contributed by atoms with van der Waals surface area (Å²) in [6.45, 7) is 4.04. The quantitative estimate of drug-likeness (QED) is 0.919. The van der Waals surface area contributed by atoms with Crippen molar-refractivity contribution < 1.29 is 4.79 Å². The standard InChI is InChI=1S/C15H22N4O/c1-4-12-5-7-15(10-16,8-6-12)18-14(20)13-9-17-19(3)11(13)2/h9,12H,4-8H2,1-3H3,(H,18,20). The molecule has 20 heavy (non-hydrogen) atoms. The Morgan fingerprint density at radius 3 is 2.70 bits per heavy atom. The molecule has 5 heteroatoms. The van der Waals surface area contributed by atoms with Crippen molar-refractivity contribution in [2.24, 2.45) is 13.0 Å². The predicted octanol–water partition coefficient (Wildman–Crippen LogP) is 2.32. The van der Waals surface area contributed by atoms with Gasteiger partial charge in [-0.15, -0.1) is 0 Å². The molecule has 1 aliphatic rings. The molecule has 1 saturated carbocycles. The molecule has 5 nitrogen and oxygen atoms in total. The Morgan fingerprint density at radius 2 is 2.25 bits per heavy atom. The summed E-state index contributed by atoms with van der Waals surface area (Å²) in [6, 6.07) is 2.33. The van der Waals surface area contributed by atoms with Crippen molar-refractivity contribution >= 4 is 5.91 Å². The van der Waals surface area contributed by atoms with Crippen molar-refractivity contribution in [3.05, 3.63) is 17.5 Å². The average Bonchev–Trinajstić information content (AvgIpc) is 2.80. The molecule has 0 radical (unpaired) electrons. The molecule has 108 valence electrons. The van der Waals surface area contributed by atoms with Crippen LogP contribution in [0.3, 0.4) is 0 Å². The number of hydrogen-bond donors (Lipinski definition) is 1. The molecule has 1 aromatic rings. The Morgan fingerprint density at radius 1 is 1.60 bits per heavy atom. The zero-order valence-corrected chi connectivity index (χ0v) is 12.4. The Kier molecular flexibility index (Phi) is 4.12. The van der Waals surface area contributed by atoms with Gasteiger partial charge in [0.1, 0.15) is 5.54 Å². The van der Waals surface area contributed by atoms with Crippen molar-refractivity contribution in [1.82, 2.24) is 15.1 Å². The number of amides is 1. The van der Waals surface area contributed by atoms with Crippen LogP contribution >= 0.6 is 0 Å². The van der Waals surface area contributed by atoms with E-state index in [2.05, 4.69) is 23.4 Å². The molecule has 2 rings (SSSR count). The number of carbonyl (C=O) groups is 1. The van der Waals surface area contributed by atoms with E-state index < -0.39 is 5.54 Å². The summed E-state index contributed by atoms with van der Waals surface area (Å²) in [5.74, 6) is 0.501. The van der Waals surface area contributed by atoms with Gasteiger partial charge < -0.3 is 5.32 Å². The Balaban J connectivity index is 2.10. The van der Waals surface area contributed by atoms with Gasteiger partial charge in [-0.05, 0) is 38.5 Å². The van der Waals surface area contributed by atoms with E-state index in [-0.39, 0.29) is 5.91 Å². The molecule has 0 spiro atoms. The van der Waals surface area contributed by atoms with Crippen molar-refractivity contribution in [3.63, 3.8) is 0 Å². The topological polar surface area (TPSA) is 70.7 Å². The van der Waals surface area contributed by atoms with E-state index in [1.54, 1.807) is 17.9 Å². The monoisotopic (exact) mass is 274 g/mol. The van der Waals surface area contributed by atoms with E-state index in [1.807, 2.05) is 6.92 Å². The first-order valence-corrected chi connectivity index (χ1v) is 7.23. The lowest BCUT2D eigenvalue weighted by Crippen LogP contribution is -2.49. The second kappa shape index (κ2) is 5.66. The van der Waals surface area contributed by atoms with Gasteiger partial charge in [-0.3, -0.25) is 9.48 Å². The van der Waals surface area contributed by atoms with Crippen LogP contribution in [0.2, 0.25) is 0 Å². The van der Waals surface area contributed by atoms with Crippen molar-refractivity contribution in [1.29, 1.82) is 5.26 Å². The number of nitrogens with one attached hydrogen (secondary N) is 1. The lowest BCUT2D eigenvalue weighted by Gasteiger charge is -2.35. The highest BCUT2D eigenvalue weighted by molar-refractivity contribution is 5.95. The van der Waals surface area contributed by atoms with E-state index in [9.17, 15) is 10.1 Å². The third-order valence-electron chi connectivity index (χ3n) is 4.58. The lowest BCUT2D eigenvalue weighted by molar-refractivity contribution is 0.0890. The number of aromatic nitrogens is 2. The van der Waals surface area contributed by atoms with E-state index in [1.165, 1.54) is 0 Å². The third-order valence-corrected chi connectivity index (χ3v) is 4.58. The van der Waals surface area contributed by atoms with Gasteiger partial charge in [-0.2, -0.15) is 10.4 Å². The maximum absolute atomic E-state index is 12.3. The van der Waals surface area contributed by atoms with Crippen molar-refractivity contribution in [2.45, 2.75) is 51.5 Å². The number of hydrogen-bond acceptors (Lipinski definition) is 3. The highest BCUT2D eigenvalue weighted by Crippen LogP contribution is 2.33. The molecule has 1 heterocycles. The first-order chi connectivity index (χ1) is 9.51. The lowest BCUT2D eigenvalue weighted by atomic mass is 9.76. The van der Waals surface area contributed by atoms with Crippen LogP contribution in [0.1, 0.15) is 55.1 Å². The van der Waals surface area contributed by atoms with Gasteiger partial charge in [0.05, 0.1) is 17.8 Å². The fraction of sp³-hybridized carbons (Fsp3) is 0.667. The highest BCUT2D eigenvalue weighted by atomic mass is 16.1. The second-order valence-electron chi connectivity index (χ2n) is 5.77. The summed E-state index contributed by atoms with van der Waals surface area (Å²) < 4.78 is 1.67. The van der Waals surface area contributed by atoms with Crippen LogP contribution < -0.4 is 5.32 Å². The molecule has 0 atom stereocenters. The van der Waals surface area contributed by atoms with Crippen molar-refractivity contribution in [2.75, 3.05) is 0 Å². The van der Waals surface area contributed by atoms with Crippen LogP contribution in [-0.4, -0.2) is 21.2 Å². The van der Waals surface area contributed by atoms with Gasteiger partial charge in [-0.25, -0.2) is 0 Å². The van der Waals surface area contributed by atoms with Gasteiger partial charge >= 0.3 is 0 Å². The smallest absolute Gasteiger partial charge is 0.255 e. The van der Waals surface area contributed by atoms with E-state index in [0.717, 1.165) is 37.8 Å². The molecular formula is C15H22N4O. The highest BCUT2D eigenvalue weighted by Gasteiger charge is 2.37. The van der Waals surface area contributed by atoms with Gasteiger partial charge in [-0.1, -0.05) is 13.3 Å². The third kappa shape index (κ3) is 2.69. The summed E-state index contributed by atoms with van der Waals surface area (Å²) >= 11 is 0. The molecule has 0 bridgehead atoms. The SMILES string of the molecule is CCC1CCC(C#N)(NC(=O)c2cnn(C)c2C)CC1. The summed E-state index contributed by atoms with van der Waals surface area (Å²) in [5, 5.41) is 16.5. The van der Waals surface area contributed by atoms with E-state index in [4.69, 9.17) is 0 Å². The Bertz CT molecular complexity index is 533. The van der Waals surface area contributed by atoms with Crippen LogP contribution in [0.25, 0.3) is 0 Å². The molecule has 1 amide bonds. The minimum Gasteiger partial charge on any atom is -0.334 e. The zero-order chi connectivity index (χ0) is 14.8. The number of nitrogens with zero attached hydrogens (tertiary/aromatic N) is 3. The first kappa shape index (κ1) is 14.6. The minimum atomic E-state index is -0.703. The number of aryl methyl sites for hydroxylation is 1. The second-order valence-corrected chi connectivity index (χ2v) is 5.77. The van der Waals surface area contributed by atoms with E-state index in [0.29, 0.717) is 11.5 Å². The Hall–Kier alpha value is -1.83. The maximum atomic E-state index is 12.3. The summed E-state index contributed by atoms with van der Waals surface area (Å²) in [5.41, 5.74) is 0.669. The zero-order valence-electron chi connectivity index (χ0n) is 12.4. The van der Waals surface area contributed by atoms with Crippen LogP contribution in [0.15, 0.2) is 6.20 Å². The summed E-state index contributed by atoms with van der Waals surface area (Å²) in [7, 11) is 1.80. The fourth-order valence-corrected chi connectivity index (χ4v) is 2.85. The number of carbonyl (C=O) groups excluding carboxylic acids is 1. The summed E-state index contributed by atoms with van der Waals surface area (Å²) in [4.78, 5) is 12.3. The van der Waals surface area contributed by atoms with Gasteiger partial charge in [0.25, 0.3) is 5.91 Å². The molecule has 1 aliphatic carbocycles. The van der Waals surface area contributed by atoms with Crippen LogP contribution in [0.5, 0.6) is 0 Å². The predicted molar refractivity (Wildman–Crippen MR) is 76.0 cm³/mol. The first-order valence-electron chi connectivity index (χ1n) is 7.23. The van der Waals surface area contributed by atoms with Crippen molar-refractivity contribution in [3.8, 4) is 6.07 Å². The summed E-state index contributed by atoms with van der Waals surface area (Å²) in [6.07, 6.45) is 6.22. The van der Waals surface area contributed by atoms with Gasteiger partial charge in [0.2, 0.25) is 0 Å². The van der Waals surface area contributed by atoms with Gasteiger partial charge in [0, 0.05) is 12.7 Å². The molecule has 0 aromatic carbocycles. The normalized spacial score (nSPS) is 26.0. The molecule has 1 N–H and O–H groups in total. The average molecular weight is 274 g/mol. The molecule has 1 fully saturated rings. The molecule has 1 aromatic heterocycles.